The number of aromatic nitrogens is 1. The first-order chi connectivity index (χ1) is 14.0. The van der Waals surface area contributed by atoms with Gasteiger partial charge < -0.3 is 14.1 Å². The van der Waals surface area contributed by atoms with Crippen LogP contribution in [-0.2, 0) is 11.3 Å². The minimum absolute atomic E-state index is 0.103. The quantitative estimate of drug-likeness (QED) is 0.702. The Morgan fingerprint density at radius 3 is 2.62 bits per heavy atom. The summed E-state index contributed by atoms with van der Waals surface area (Å²) in [6.45, 7) is 9.72. The lowest BCUT2D eigenvalue weighted by atomic mass is 9.95. The number of halogens is 1. The molecule has 7 heteroatoms. The number of nitrogens with zero attached hydrogens (tertiary/aromatic N) is 3. The molecule has 29 heavy (non-hydrogen) atoms. The third-order valence-electron chi connectivity index (χ3n) is 5.68. The number of aryl methyl sites for hydroxylation is 1. The summed E-state index contributed by atoms with van der Waals surface area (Å²) >= 11 is 0. The van der Waals surface area contributed by atoms with Gasteiger partial charge in [0.2, 0.25) is 11.8 Å². The Bertz CT molecular complexity index is 840. The van der Waals surface area contributed by atoms with E-state index in [9.17, 15) is 9.18 Å². The molecular weight excluding hydrogens is 373 g/mol. The molecule has 0 N–H and O–H groups in total. The number of piperidine rings is 1. The Morgan fingerprint density at radius 2 is 2.00 bits per heavy atom. The van der Waals surface area contributed by atoms with Crippen molar-refractivity contribution in [1.29, 1.82) is 0 Å². The summed E-state index contributed by atoms with van der Waals surface area (Å²) in [5.74, 6) is 1.48. The molecule has 0 atom stereocenters. The van der Waals surface area contributed by atoms with Crippen LogP contribution in [0.4, 0.5) is 4.39 Å². The van der Waals surface area contributed by atoms with Gasteiger partial charge in [0.05, 0.1) is 18.4 Å². The van der Waals surface area contributed by atoms with Crippen LogP contribution in [0.5, 0.6) is 5.75 Å². The third-order valence-corrected chi connectivity index (χ3v) is 5.68. The first kappa shape index (κ1) is 21.3. The van der Waals surface area contributed by atoms with Crippen molar-refractivity contribution in [3.05, 3.63) is 35.5 Å². The van der Waals surface area contributed by atoms with Crippen LogP contribution in [0.25, 0.3) is 11.5 Å². The van der Waals surface area contributed by atoms with Gasteiger partial charge in [-0.3, -0.25) is 9.69 Å². The van der Waals surface area contributed by atoms with E-state index in [4.69, 9.17) is 9.15 Å². The van der Waals surface area contributed by atoms with E-state index in [1.54, 1.807) is 12.1 Å². The monoisotopic (exact) mass is 403 g/mol. The lowest BCUT2D eigenvalue weighted by Crippen LogP contribution is -2.42. The number of likely N-dealkylation sites (tertiary alicyclic amines) is 1. The molecule has 0 radical (unpaired) electrons. The van der Waals surface area contributed by atoms with E-state index in [1.165, 1.54) is 13.2 Å². The number of carbonyl (C=O) groups is 1. The van der Waals surface area contributed by atoms with Gasteiger partial charge in [-0.05, 0) is 64.9 Å². The number of carbonyl (C=O) groups excluding carboxylic acids is 1. The second-order valence-corrected chi connectivity index (χ2v) is 7.43. The van der Waals surface area contributed by atoms with Gasteiger partial charge in [-0.1, -0.05) is 0 Å². The molecule has 1 aliphatic heterocycles. The molecule has 1 aromatic heterocycles. The van der Waals surface area contributed by atoms with Crippen molar-refractivity contribution >= 4 is 5.91 Å². The van der Waals surface area contributed by atoms with Gasteiger partial charge in [-0.2, -0.15) is 0 Å². The summed E-state index contributed by atoms with van der Waals surface area (Å²) in [6, 6.07) is 4.51. The van der Waals surface area contributed by atoms with Crippen LogP contribution >= 0.6 is 0 Å². The Hall–Kier alpha value is -2.41. The van der Waals surface area contributed by atoms with Crippen LogP contribution in [-0.4, -0.2) is 54.0 Å². The van der Waals surface area contributed by atoms with Crippen molar-refractivity contribution in [2.75, 3.05) is 33.3 Å². The van der Waals surface area contributed by atoms with Gasteiger partial charge in [0, 0.05) is 25.6 Å². The maximum atomic E-state index is 14.2. The van der Waals surface area contributed by atoms with Gasteiger partial charge >= 0.3 is 0 Å². The summed E-state index contributed by atoms with van der Waals surface area (Å²) < 4.78 is 25.2. The van der Waals surface area contributed by atoms with Crippen LogP contribution < -0.4 is 4.74 Å². The van der Waals surface area contributed by atoms with Gasteiger partial charge in [0.1, 0.15) is 17.3 Å². The number of methoxy groups -OCH3 is 1. The maximum Gasteiger partial charge on any atom is 0.229 e. The SMILES string of the molecule is CCN(CC)C(=O)C1CCN(Cc2nc(-c3cc(OC)ccc3F)oc2C)CC1. The van der Waals surface area contributed by atoms with E-state index < -0.39 is 5.82 Å². The number of hydrogen-bond donors (Lipinski definition) is 0. The number of rotatable bonds is 7. The summed E-state index contributed by atoms with van der Waals surface area (Å²) in [5.41, 5.74) is 1.10. The Labute approximate surface area is 171 Å². The first-order valence-corrected chi connectivity index (χ1v) is 10.3. The predicted molar refractivity (Wildman–Crippen MR) is 109 cm³/mol. The highest BCUT2D eigenvalue weighted by molar-refractivity contribution is 5.78. The third kappa shape index (κ3) is 4.78. The molecule has 1 fully saturated rings. The van der Waals surface area contributed by atoms with Crippen LogP contribution in [0.1, 0.15) is 38.1 Å². The Morgan fingerprint density at radius 1 is 1.31 bits per heavy atom. The lowest BCUT2D eigenvalue weighted by Gasteiger charge is -2.33. The number of amides is 1. The summed E-state index contributed by atoms with van der Waals surface area (Å²) in [6.07, 6.45) is 1.70. The lowest BCUT2D eigenvalue weighted by molar-refractivity contribution is -0.136. The topological polar surface area (TPSA) is 58.8 Å². The van der Waals surface area contributed by atoms with Crippen molar-refractivity contribution in [2.45, 2.75) is 40.2 Å². The highest BCUT2D eigenvalue weighted by Gasteiger charge is 2.28. The first-order valence-electron chi connectivity index (χ1n) is 10.3. The highest BCUT2D eigenvalue weighted by atomic mass is 19.1. The number of oxazole rings is 1. The van der Waals surface area contributed by atoms with E-state index in [-0.39, 0.29) is 17.7 Å². The number of benzene rings is 1. The molecular formula is C22H30FN3O3. The second kappa shape index (κ2) is 9.39. The summed E-state index contributed by atoms with van der Waals surface area (Å²) in [5, 5.41) is 0. The minimum Gasteiger partial charge on any atom is -0.497 e. The molecule has 1 amide bonds. The fourth-order valence-corrected chi connectivity index (χ4v) is 3.83. The van der Waals surface area contributed by atoms with Crippen molar-refractivity contribution in [3.63, 3.8) is 0 Å². The molecule has 6 nitrogen and oxygen atoms in total. The zero-order chi connectivity index (χ0) is 21.0. The highest BCUT2D eigenvalue weighted by Crippen LogP contribution is 2.29. The molecule has 1 saturated heterocycles. The molecule has 0 unspecified atom stereocenters. The molecule has 158 valence electrons. The van der Waals surface area contributed by atoms with Crippen LogP contribution in [0.15, 0.2) is 22.6 Å². The molecule has 0 bridgehead atoms. The van der Waals surface area contributed by atoms with Gasteiger partial charge in [-0.25, -0.2) is 9.37 Å². The zero-order valence-electron chi connectivity index (χ0n) is 17.7. The van der Waals surface area contributed by atoms with E-state index >= 15 is 0 Å². The molecule has 2 aromatic rings. The largest absolute Gasteiger partial charge is 0.497 e. The molecule has 3 rings (SSSR count). The molecule has 0 saturated carbocycles. The van der Waals surface area contributed by atoms with E-state index in [0.717, 1.165) is 44.7 Å². The fraction of sp³-hybridized carbons (Fsp3) is 0.545. The van der Waals surface area contributed by atoms with Crippen LogP contribution in [0.3, 0.4) is 0 Å². The van der Waals surface area contributed by atoms with E-state index in [2.05, 4.69) is 9.88 Å². The van der Waals surface area contributed by atoms with Crippen molar-refractivity contribution in [2.24, 2.45) is 5.92 Å². The van der Waals surface area contributed by atoms with Gasteiger partial charge in [0.15, 0.2) is 0 Å². The standard InChI is InChI=1S/C22H30FN3O3/c1-5-26(6-2)22(27)16-9-11-25(12-10-16)14-20-15(3)29-21(24-20)18-13-17(28-4)7-8-19(18)23/h7-8,13,16H,5-6,9-12,14H2,1-4H3. The molecule has 1 aromatic carbocycles. The summed E-state index contributed by atoms with van der Waals surface area (Å²) in [4.78, 5) is 21.3. The van der Waals surface area contributed by atoms with E-state index in [1.807, 2.05) is 25.7 Å². The van der Waals surface area contributed by atoms with E-state index in [0.29, 0.717) is 23.6 Å². The Balaban J connectivity index is 1.65. The molecule has 0 aliphatic carbocycles. The predicted octanol–water partition coefficient (Wildman–Crippen LogP) is 3.88. The van der Waals surface area contributed by atoms with Crippen molar-refractivity contribution < 1.29 is 18.3 Å². The summed E-state index contributed by atoms with van der Waals surface area (Å²) in [7, 11) is 1.54. The molecule has 1 aliphatic rings. The number of ether oxygens (including phenoxy) is 1. The average molecular weight is 403 g/mol. The van der Waals surface area contributed by atoms with Crippen molar-refractivity contribution in [1.82, 2.24) is 14.8 Å². The molecule has 0 spiro atoms. The van der Waals surface area contributed by atoms with Gasteiger partial charge in [0.25, 0.3) is 0 Å². The van der Waals surface area contributed by atoms with Crippen LogP contribution in [0, 0.1) is 18.7 Å². The number of hydrogen-bond acceptors (Lipinski definition) is 5. The fourth-order valence-electron chi connectivity index (χ4n) is 3.83. The van der Waals surface area contributed by atoms with Crippen LogP contribution in [0.2, 0.25) is 0 Å². The van der Waals surface area contributed by atoms with Crippen molar-refractivity contribution in [3.8, 4) is 17.2 Å². The zero-order valence-corrected chi connectivity index (χ0v) is 17.7. The second-order valence-electron chi connectivity index (χ2n) is 7.43. The normalized spacial score (nSPS) is 15.5. The smallest absolute Gasteiger partial charge is 0.229 e. The minimum atomic E-state index is -0.394. The maximum absolute atomic E-state index is 14.2. The molecule has 2 heterocycles. The average Bonchev–Trinajstić information content (AvgIpc) is 3.09. The Kier molecular flexibility index (Phi) is 6.90. The van der Waals surface area contributed by atoms with Gasteiger partial charge in [-0.15, -0.1) is 0 Å².